The summed E-state index contributed by atoms with van der Waals surface area (Å²) in [6.07, 6.45) is 0.105. The van der Waals surface area contributed by atoms with Crippen LogP contribution in [0, 0.1) is 18.6 Å². The van der Waals surface area contributed by atoms with E-state index in [0.717, 1.165) is 17.5 Å². The number of benzene rings is 2. The molecule has 1 aromatic heterocycles. The summed E-state index contributed by atoms with van der Waals surface area (Å²) < 4.78 is 32.5. The van der Waals surface area contributed by atoms with Gasteiger partial charge in [-0.25, -0.2) is 18.7 Å². The van der Waals surface area contributed by atoms with Crippen LogP contribution >= 0.6 is 0 Å². The van der Waals surface area contributed by atoms with Gasteiger partial charge < -0.3 is 15.4 Å². The molecule has 0 fully saturated rings. The van der Waals surface area contributed by atoms with Gasteiger partial charge in [-0.05, 0) is 57.2 Å². The number of hydrogen-bond donors (Lipinski definition) is 2. The first-order chi connectivity index (χ1) is 12.9. The first kappa shape index (κ1) is 18.6. The normalized spacial score (nSPS) is 10.7. The molecule has 0 atom stereocenters. The lowest BCUT2D eigenvalue weighted by Gasteiger charge is -2.12. The van der Waals surface area contributed by atoms with E-state index in [4.69, 9.17) is 4.74 Å². The van der Waals surface area contributed by atoms with Crippen molar-refractivity contribution >= 4 is 23.0 Å². The Morgan fingerprint density at radius 3 is 2.19 bits per heavy atom. The maximum Gasteiger partial charge on any atom is 0.149 e. The summed E-state index contributed by atoms with van der Waals surface area (Å²) in [5.74, 6) is 0.902. The fourth-order valence-electron chi connectivity index (χ4n) is 2.46. The van der Waals surface area contributed by atoms with Crippen LogP contribution in [0.15, 0.2) is 48.5 Å². The number of rotatable bonds is 6. The van der Waals surface area contributed by atoms with Gasteiger partial charge in [0.25, 0.3) is 0 Å². The minimum Gasteiger partial charge on any atom is -0.491 e. The molecule has 0 aliphatic heterocycles. The zero-order valence-corrected chi connectivity index (χ0v) is 15.3. The molecule has 3 aromatic rings. The monoisotopic (exact) mass is 370 g/mol. The van der Waals surface area contributed by atoms with Gasteiger partial charge in [0.1, 0.15) is 34.8 Å². The molecule has 5 nitrogen and oxygen atoms in total. The highest BCUT2D eigenvalue weighted by molar-refractivity contribution is 5.63. The lowest BCUT2D eigenvalue weighted by molar-refractivity contribution is 0.242. The third-order valence-electron chi connectivity index (χ3n) is 3.53. The maximum absolute atomic E-state index is 13.8. The van der Waals surface area contributed by atoms with Gasteiger partial charge >= 0.3 is 0 Å². The van der Waals surface area contributed by atoms with Gasteiger partial charge in [0.15, 0.2) is 0 Å². The Morgan fingerprint density at radius 2 is 1.56 bits per heavy atom. The van der Waals surface area contributed by atoms with Crippen LogP contribution in [0.1, 0.15) is 19.7 Å². The number of halogens is 2. The molecule has 0 aliphatic carbocycles. The summed E-state index contributed by atoms with van der Waals surface area (Å²) in [5.41, 5.74) is 0.957. The van der Waals surface area contributed by atoms with E-state index >= 15 is 0 Å². The van der Waals surface area contributed by atoms with Crippen molar-refractivity contribution in [2.24, 2.45) is 0 Å². The van der Waals surface area contributed by atoms with E-state index in [1.165, 1.54) is 12.1 Å². The number of aromatic nitrogens is 2. The van der Waals surface area contributed by atoms with Gasteiger partial charge in [-0.3, -0.25) is 0 Å². The van der Waals surface area contributed by atoms with E-state index in [-0.39, 0.29) is 11.8 Å². The first-order valence-electron chi connectivity index (χ1n) is 8.50. The van der Waals surface area contributed by atoms with Crippen LogP contribution in [-0.2, 0) is 0 Å². The number of nitrogens with zero attached hydrogens (tertiary/aromatic N) is 2. The smallest absolute Gasteiger partial charge is 0.149 e. The molecular formula is C20H20F2N4O. The Hall–Kier alpha value is -3.22. The lowest BCUT2D eigenvalue weighted by atomic mass is 10.3. The minimum atomic E-state index is -0.693. The molecule has 0 saturated carbocycles. The number of hydrogen-bond acceptors (Lipinski definition) is 5. The van der Waals surface area contributed by atoms with Crippen molar-refractivity contribution in [1.29, 1.82) is 0 Å². The molecule has 2 N–H and O–H groups in total. The SMILES string of the molecule is Cc1nc(Nc2ccc(OC(C)C)cc2)cc(Nc2ccc(F)cc2F)n1. The standard InChI is InChI=1S/C20H20F2N4O/c1-12(2)27-16-7-5-15(6-8-16)25-19-11-20(24-13(3)23-19)26-18-9-4-14(21)10-17(18)22/h4-12H,1-3H3,(H2,23,24,25,26). The number of ether oxygens (including phenoxy) is 1. The summed E-state index contributed by atoms with van der Waals surface area (Å²) in [5, 5.41) is 6.02. The summed E-state index contributed by atoms with van der Waals surface area (Å²) >= 11 is 0. The second-order valence-electron chi connectivity index (χ2n) is 6.25. The lowest BCUT2D eigenvalue weighted by Crippen LogP contribution is -2.05. The molecule has 7 heteroatoms. The third kappa shape index (κ3) is 5.13. The van der Waals surface area contributed by atoms with Crippen molar-refractivity contribution in [3.05, 3.63) is 66.0 Å². The van der Waals surface area contributed by atoms with Gasteiger partial charge in [0.2, 0.25) is 0 Å². The first-order valence-corrected chi connectivity index (χ1v) is 8.50. The highest BCUT2D eigenvalue weighted by atomic mass is 19.1. The number of anilines is 4. The Morgan fingerprint density at radius 1 is 0.889 bits per heavy atom. The molecule has 0 aliphatic rings. The van der Waals surface area contributed by atoms with Crippen LogP contribution < -0.4 is 15.4 Å². The van der Waals surface area contributed by atoms with E-state index in [2.05, 4.69) is 20.6 Å². The van der Waals surface area contributed by atoms with Crippen LogP contribution in [0.2, 0.25) is 0 Å². The van der Waals surface area contributed by atoms with Crippen LogP contribution in [0.25, 0.3) is 0 Å². The maximum atomic E-state index is 13.8. The molecule has 140 valence electrons. The fourth-order valence-corrected chi connectivity index (χ4v) is 2.46. The van der Waals surface area contributed by atoms with Crippen molar-refractivity contribution in [2.75, 3.05) is 10.6 Å². The molecule has 0 amide bonds. The molecule has 1 heterocycles. The van der Waals surface area contributed by atoms with Crippen molar-refractivity contribution in [1.82, 2.24) is 9.97 Å². The second kappa shape index (κ2) is 7.99. The molecule has 2 aromatic carbocycles. The van der Waals surface area contributed by atoms with Crippen LogP contribution in [-0.4, -0.2) is 16.1 Å². The Bertz CT molecular complexity index is 930. The van der Waals surface area contributed by atoms with Gasteiger partial charge in [0, 0.05) is 17.8 Å². The minimum absolute atomic E-state index is 0.105. The molecule has 3 rings (SSSR count). The van der Waals surface area contributed by atoms with E-state index in [9.17, 15) is 8.78 Å². The summed E-state index contributed by atoms with van der Waals surface area (Å²) in [6, 6.07) is 12.4. The Balaban J connectivity index is 1.77. The second-order valence-corrected chi connectivity index (χ2v) is 6.25. The van der Waals surface area contributed by atoms with Gasteiger partial charge in [-0.1, -0.05) is 0 Å². The molecule has 0 unspecified atom stereocenters. The fraction of sp³-hybridized carbons (Fsp3) is 0.200. The largest absolute Gasteiger partial charge is 0.491 e. The number of aryl methyl sites for hydroxylation is 1. The summed E-state index contributed by atoms with van der Waals surface area (Å²) in [6.45, 7) is 5.67. The quantitative estimate of drug-likeness (QED) is 0.613. The highest BCUT2D eigenvalue weighted by Crippen LogP contribution is 2.24. The van der Waals surface area contributed by atoms with Crippen molar-refractivity contribution in [3.63, 3.8) is 0 Å². The number of nitrogens with one attached hydrogen (secondary N) is 2. The Labute approximate surface area is 156 Å². The van der Waals surface area contributed by atoms with E-state index < -0.39 is 11.6 Å². The topological polar surface area (TPSA) is 59.1 Å². The van der Waals surface area contributed by atoms with Gasteiger partial charge in [-0.15, -0.1) is 0 Å². The van der Waals surface area contributed by atoms with Crippen LogP contribution in [0.4, 0.5) is 31.8 Å². The summed E-state index contributed by atoms with van der Waals surface area (Å²) in [4.78, 5) is 8.57. The van der Waals surface area contributed by atoms with Crippen molar-refractivity contribution in [3.8, 4) is 5.75 Å². The Kier molecular flexibility index (Phi) is 5.49. The van der Waals surface area contributed by atoms with Gasteiger partial charge in [-0.2, -0.15) is 0 Å². The zero-order chi connectivity index (χ0) is 19.4. The van der Waals surface area contributed by atoms with E-state index in [1.807, 2.05) is 38.1 Å². The average Bonchev–Trinajstić information content (AvgIpc) is 2.58. The predicted molar refractivity (Wildman–Crippen MR) is 102 cm³/mol. The molecule has 0 bridgehead atoms. The highest BCUT2D eigenvalue weighted by Gasteiger charge is 2.08. The molecular weight excluding hydrogens is 350 g/mol. The van der Waals surface area contributed by atoms with E-state index in [0.29, 0.717) is 17.5 Å². The molecule has 0 radical (unpaired) electrons. The van der Waals surface area contributed by atoms with Crippen molar-refractivity contribution in [2.45, 2.75) is 26.9 Å². The predicted octanol–water partition coefficient (Wildman–Crippen LogP) is 5.34. The van der Waals surface area contributed by atoms with Crippen LogP contribution in [0.3, 0.4) is 0 Å². The van der Waals surface area contributed by atoms with Crippen LogP contribution in [0.5, 0.6) is 5.75 Å². The van der Waals surface area contributed by atoms with E-state index in [1.54, 1.807) is 13.0 Å². The third-order valence-corrected chi connectivity index (χ3v) is 3.53. The van der Waals surface area contributed by atoms with Gasteiger partial charge in [0.05, 0.1) is 11.8 Å². The van der Waals surface area contributed by atoms with Crippen molar-refractivity contribution < 1.29 is 13.5 Å². The summed E-state index contributed by atoms with van der Waals surface area (Å²) in [7, 11) is 0. The zero-order valence-electron chi connectivity index (χ0n) is 15.3. The molecule has 0 saturated heterocycles. The molecule has 0 spiro atoms. The average molecular weight is 370 g/mol. The molecule has 27 heavy (non-hydrogen) atoms.